The molecule has 0 unspecified atom stereocenters. The minimum atomic E-state index is -0.133. The van der Waals surface area contributed by atoms with Crippen LogP contribution in [0.25, 0.3) is 10.2 Å². The summed E-state index contributed by atoms with van der Waals surface area (Å²) >= 11 is 7.62. The van der Waals surface area contributed by atoms with Crippen molar-refractivity contribution >= 4 is 44.2 Å². The van der Waals surface area contributed by atoms with Crippen LogP contribution in [-0.4, -0.2) is 39.8 Å². The van der Waals surface area contributed by atoms with Gasteiger partial charge in [-0.15, -0.1) is 0 Å². The molecule has 0 bridgehead atoms. The molecule has 3 aromatic rings. The summed E-state index contributed by atoms with van der Waals surface area (Å²) < 4.78 is 2.70. The van der Waals surface area contributed by atoms with E-state index in [1.807, 2.05) is 18.2 Å². The summed E-state index contributed by atoms with van der Waals surface area (Å²) in [4.78, 5) is 18.8. The van der Waals surface area contributed by atoms with E-state index in [9.17, 15) is 4.79 Å². The van der Waals surface area contributed by atoms with Crippen molar-refractivity contribution in [3.63, 3.8) is 0 Å². The highest BCUT2D eigenvalue weighted by atomic mass is 35.5. The van der Waals surface area contributed by atoms with Gasteiger partial charge in [0.25, 0.3) is 5.91 Å². The van der Waals surface area contributed by atoms with Crippen molar-refractivity contribution in [1.82, 2.24) is 20.1 Å². The number of aromatic nitrogens is 3. The molecule has 1 amide bonds. The average Bonchev–Trinajstić information content (AvgIpc) is 3.07. The van der Waals surface area contributed by atoms with Gasteiger partial charge in [-0.2, -0.15) is 5.10 Å². The predicted molar refractivity (Wildman–Crippen MR) is 91.3 cm³/mol. The molecule has 2 aromatic heterocycles. The number of rotatable bonds is 3. The largest absolute Gasteiger partial charge is 0.344 e. The Morgan fingerprint density at radius 3 is 2.96 bits per heavy atom. The molecule has 1 saturated heterocycles. The summed E-state index contributed by atoms with van der Waals surface area (Å²) in [7, 11) is 1.79. The van der Waals surface area contributed by atoms with Gasteiger partial charge in [-0.05, 0) is 24.3 Å². The molecule has 1 fully saturated rings. The van der Waals surface area contributed by atoms with E-state index in [-0.39, 0.29) is 11.9 Å². The van der Waals surface area contributed by atoms with Crippen LogP contribution in [0.4, 0.5) is 5.13 Å². The number of benzene rings is 1. The third-order valence-corrected chi connectivity index (χ3v) is 5.09. The maximum Gasteiger partial charge on any atom is 0.272 e. The lowest BCUT2D eigenvalue weighted by Crippen LogP contribution is -2.59. The van der Waals surface area contributed by atoms with Gasteiger partial charge in [-0.3, -0.25) is 9.48 Å². The Morgan fingerprint density at radius 2 is 2.22 bits per heavy atom. The van der Waals surface area contributed by atoms with Crippen LogP contribution >= 0.6 is 22.9 Å². The fourth-order valence-electron chi connectivity index (χ4n) is 2.54. The maximum absolute atomic E-state index is 12.0. The van der Waals surface area contributed by atoms with Crippen molar-refractivity contribution in [3.05, 3.63) is 41.2 Å². The van der Waals surface area contributed by atoms with Crippen molar-refractivity contribution < 1.29 is 4.79 Å². The van der Waals surface area contributed by atoms with Crippen LogP contribution < -0.4 is 10.2 Å². The van der Waals surface area contributed by atoms with Crippen LogP contribution in [0.5, 0.6) is 0 Å². The van der Waals surface area contributed by atoms with Gasteiger partial charge in [0.15, 0.2) is 5.13 Å². The first-order chi connectivity index (χ1) is 11.1. The Hall–Kier alpha value is -2.12. The molecular formula is C15H14ClN5OS. The smallest absolute Gasteiger partial charge is 0.272 e. The van der Waals surface area contributed by atoms with Crippen molar-refractivity contribution in [2.24, 2.45) is 7.05 Å². The Labute approximate surface area is 141 Å². The molecule has 4 rings (SSSR count). The van der Waals surface area contributed by atoms with E-state index < -0.39 is 0 Å². The molecule has 3 heterocycles. The molecule has 1 aromatic carbocycles. The van der Waals surface area contributed by atoms with Crippen LogP contribution in [0.1, 0.15) is 10.5 Å². The predicted octanol–water partition coefficient (Wildman–Crippen LogP) is 2.30. The quantitative estimate of drug-likeness (QED) is 0.789. The average molecular weight is 348 g/mol. The number of halogens is 1. The second-order valence-corrected chi connectivity index (χ2v) is 7.00. The molecule has 0 atom stereocenters. The zero-order valence-corrected chi connectivity index (χ0v) is 13.9. The standard InChI is InChI=1S/C15H14ClN5OS/c1-20-5-4-12(19-20)14(22)17-10-7-21(8-10)15-18-11-3-2-9(16)6-13(11)23-15/h2-6,10H,7-8H2,1H3,(H,17,22). The number of hydrogen-bond acceptors (Lipinski definition) is 5. The summed E-state index contributed by atoms with van der Waals surface area (Å²) in [6.07, 6.45) is 1.76. The van der Waals surface area contributed by atoms with Crippen LogP contribution in [0, 0.1) is 0 Å². The Balaban J connectivity index is 1.39. The first kappa shape index (κ1) is 14.5. The van der Waals surface area contributed by atoms with E-state index in [0.717, 1.165) is 33.5 Å². The summed E-state index contributed by atoms with van der Waals surface area (Å²) in [6.45, 7) is 1.51. The number of thiazole rings is 1. The summed E-state index contributed by atoms with van der Waals surface area (Å²) in [5.41, 5.74) is 1.40. The minimum Gasteiger partial charge on any atom is -0.344 e. The summed E-state index contributed by atoms with van der Waals surface area (Å²) in [5.74, 6) is -0.133. The van der Waals surface area contributed by atoms with E-state index in [2.05, 4.69) is 20.3 Å². The minimum absolute atomic E-state index is 0.125. The van der Waals surface area contributed by atoms with E-state index >= 15 is 0 Å². The number of aryl methyl sites for hydroxylation is 1. The fraction of sp³-hybridized carbons (Fsp3) is 0.267. The van der Waals surface area contributed by atoms with E-state index in [0.29, 0.717) is 5.69 Å². The second kappa shape index (κ2) is 5.50. The molecule has 0 spiro atoms. The number of hydrogen-bond donors (Lipinski definition) is 1. The Morgan fingerprint density at radius 1 is 1.39 bits per heavy atom. The molecule has 1 N–H and O–H groups in total. The first-order valence-electron chi connectivity index (χ1n) is 7.20. The molecule has 0 saturated carbocycles. The molecule has 0 radical (unpaired) electrons. The highest BCUT2D eigenvalue weighted by molar-refractivity contribution is 7.22. The van der Waals surface area contributed by atoms with Crippen LogP contribution in [-0.2, 0) is 7.05 Å². The van der Waals surface area contributed by atoms with E-state index in [1.165, 1.54) is 0 Å². The lowest BCUT2D eigenvalue weighted by atomic mass is 10.1. The normalized spacial score (nSPS) is 15.0. The number of carbonyl (C=O) groups excluding carboxylic acids is 1. The number of anilines is 1. The number of amides is 1. The second-order valence-electron chi connectivity index (χ2n) is 5.56. The van der Waals surface area contributed by atoms with Gasteiger partial charge >= 0.3 is 0 Å². The third kappa shape index (κ3) is 2.77. The first-order valence-corrected chi connectivity index (χ1v) is 8.39. The van der Waals surface area contributed by atoms with Gasteiger partial charge in [0.2, 0.25) is 0 Å². The maximum atomic E-state index is 12.0. The number of fused-ring (bicyclic) bond motifs is 1. The van der Waals surface area contributed by atoms with Gasteiger partial charge in [0, 0.05) is 31.4 Å². The SMILES string of the molecule is Cn1ccc(C(=O)NC2CN(c3nc4ccc(Cl)cc4s3)C2)n1. The zero-order valence-electron chi connectivity index (χ0n) is 12.4. The molecule has 23 heavy (non-hydrogen) atoms. The molecule has 1 aliphatic rings. The van der Waals surface area contributed by atoms with Gasteiger partial charge in [-0.1, -0.05) is 22.9 Å². The molecular weight excluding hydrogens is 334 g/mol. The lowest BCUT2D eigenvalue weighted by molar-refractivity contribution is 0.0924. The van der Waals surface area contributed by atoms with Crippen molar-refractivity contribution in [2.75, 3.05) is 18.0 Å². The zero-order chi connectivity index (χ0) is 16.0. The third-order valence-electron chi connectivity index (χ3n) is 3.77. The van der Waals surface area contributed by atoms with Crippen LogP contribution in [0.15, 0.2) is 30.5 Å². The van der Waals surface area contributed by atoms with E-state index in [4.69, 9.17) is 11.6 Å². The number of nitrogens with one attached hydrogen (secondary N) is 1. The monoisotopic (exact) mass is 347 g/mol. The fourth-order valence-corrected chi connectivity index (χ4v) is 3.80. The lowest BCUT2D eigenvalue weighted by Gasteiger charge is -2.39. The van der Waals surface area contributed by atoms with Gasteiger partial charge in [-0.25, -0.2) is 4.98 Å². The highest BCUT2D eigenvalue weighted by Gasteiger charge is 2.30. The van der Waals surface area contributed by atoms with Crippen LogP contribution in [0.2, 0.25) is 5.02 Å². The number of carbonyl (C=O) groups is 1. The molecule has 6 nitrogen and oxygen atoms in total. The Bertz CT molecular complexity index is 883. The molecule has 118 valence electrons. The summed E-state index contributed by atoms with van der Waals surface area (Å²) in [6, 6.07) is 7.54. The molecule has 1 aliphatic heterocycles. The van der Waals surface area contributed by atoms with E-state index in [1.54, 1.807) is 35.3 Å². The van der Waals surface area contributed by atoms with Gasteiger partial charge in [0.05, 0.1) is 16.3 Å². The highest BCUT2D eigenvalue weighted by Crippen LogP contribution is 2.32. The van der Waals surface area contributed by atoms with Crippen LogP contribution in [0.3, 0.4) is 0 Å². The topological polar surface area (TPSA) is 63.1 Å². The van der Waals surface area contributed by atoms with Crippen molar-refractivity contribution in [3.8, 4) is 0 Å². The van der Waals surface area contributed by atoms with Gasteiger partial charge in [0.1, 0.15) is 5.69 Å². The van der Waals surface area contributed by atoms with Crippen molar-refractivity contribution in [2.45, 2.75) is 6.04 Å². The summed E-state index contributed by atoms with van der Waals surface area (Å²) in [5, 5.41) is 8.78. The Kier molecular flexibility index (Phi) is 3.46. The molecule has 8 heteroatoms. The molecule has 0 aliphatic carbocycles. The van der Waals surface area contributed by atoms with Crippen molar-refractivity contribution in [1.29, 1.82) is 0 Å². The van der Waals surface area contributed by atoms with Gasteiger partial charge < -0.3 is 10.2 Å². The number of nitrogens with zero attached hydrogens (tertiary/aromatic N) is 4.